The van der Waals surface area contributed by atoms with Crippen molar-refractivity contribution in [1.82, 2.24) is 0 Å². The molecule has 21 heavy (non-hydrogen) atoms. The van der Waals surface area contributed by atoms with Gasteiger partial charge in [-0.2, -0.15) is 0 Å². The van der Waals surface area contributed by atoms with Crippen LogP contribution >= 0.6 is 0 Å². The minimum absolute atomic E-state index is 0.145. The van der Waals surface area contributed by atoms with Crippen LogP contribution in [-0.4, -0.2) is 44.6 Å². The van der Waals surface area contributed by atoms with Gasteiger partial charge in [0.25, 0.3) is 0 Å². The van der Waals surface area contributed by atoms with E-state index in [4.69, 9.17) is 9.47 Å². The number of hydrogen-bond acceptors (Lipinski definition) is 4. The molecule has 4 nitrogen and oxygen atoms in total. The highest BCUT2D eigenvalue weighted by Gasteiger charge is 2.42. The van der Waals surface area contributed by atoms with Gasteiger partial charge < -0.3 is 19.5 Å². The van der Waals surface area contributed by atoms with Crippen LogP contribution in [0, 0.1) is 5.92 Å². The Hall–Kier alpha value is -1.10. The number of ether oxygens (including phenoxy) is 2. The molecule has 2 fully saturated rings. The van der Waals surface area contributed by atoms with Gasteiger partial charge in [0.1, 0.15) is 0 Å². The van der Waals surface area contributed by atoms with E-state index < -0.39 is 6.10 Å². The minimum Gasteiger partial charge on any atom is -0.388 e. The van der Waals surface area contributed by atoms with Crippen molar-refractivity contribution in [2.45, 2.75) is 31.0 Å². The second-order valence-electron chi connectivity index (χ2n) is 6.52. The molecule has 1 spiro atoms. The molecule has 2 aliphatic heterocycles. The smallest absolute Gasteiger partial charge is 0.0940 e. The fourth-order valence-electron chi connectivity index (χ4n) is 3.44. The Kier molecular flexibility index (Phi) is 4.20. The Labute approximate surface area is 126 Å². The van der Waals surface area contributed by atoms with Crippen molar-refractivity contribution in [2.75, 3.05) is 38.8 Å². The van der Waals surface area contributed by atoms with E-state index in [-0.39, 0.29) is 11.5 Å². The average molecular weight is 291 g/mol. The van der Waals surface area contributed by atoms with Crippen molar-refractivity contribution in [2.24, 2.45) is 5.92 Å². The zero-order valence-electron chi connectivity index (χ0n) is 12.9. The fourth-order valence-corrected chi connectivity index (χ4v) is 3.44. The van der Waals surface area contributed by atoms with Crippen molar-refractivity contribution < 1.29 is 14.6 Å². The molecule has 0 amide bonds. The maximum Gasteiger partial charge on any atom is 0.0940 e. The molecule has 3 unspecified atom stereocenters. The van der Waals surface area contributed by atoms with E-state index >= 15 is 0 Å². The lowest BCUT2D eigenvalue weighted by molar-refractivity contribution is -0.117. The van der Waals surface area contributed by atoms with Gasteiger partial charge in [-0.25, -0.2) is 0 Å². The molecule has 0 aliphatic carbocycles. The second kappa shape index (κ2) is 5.95. The number of nitrogens with zero attached hydrogens (tertiary/aromatic N) is 1. The van der Waals surface area contributed by atoms with Gasteiger partial charge in [0.2, 0.25) is 0 Å². The Morgan fingerprint density at radius 3 is 2.62 bits per heavy atom. The SMILES string of the molecule is CN(C)c1ccc(C(O)C2CCOC3(CCOC3)C2)cc1. The van der Waals surface area contributed by atoms with Crippen molar-refractivity contribution in [3.05, 3.63) is 29.8 Å². The first kappa shape index (κ1) is 14.8. The van der Waals surface area contributed by atoms with Gasteiger partial charge in [0.05, 0.1) is 18.3 Å². The number of anilines is 1. The molecule has 3 rings (SSSR count). The van der Waals surface area contributed by atoms with Gasteiger partial charge in [0, 0.05) is 39.4 Å². The molecule has 116 valence electrons. The third-order valence-corrected chi connectivity index (χ3v) is 4.80. The highest BCUT2D eigenvalue weighted by Crippen LogP contribution is 2.41. The Morgan fingerprint density at radius 1 is 1.24 bits per heavy atom. The highest BCUT2D eigenvalue weighted by atomic mass is 16.6. The van der Waals surface area contributed by atoms with Crippen LogP contribution in [0.25, 0.3) is 0 Å². The molecular formula is C17H25NO3. The molecular weight excluding hydrogens is 266 g/mol. The molecule has 3 atom stereocenters. The molecule has 2 aliphatic rings. The predicted octanol–water partition coefficient (Wildman–Crippen LogP) is 2.37. The standard InChI is InChI=1S/C17H25NO3/c1-18(2)15-5-3-13(4-6-15)16(19)14-7-9-21-17(11-14)8-10-20-12-17/h3-6,14,16,19H,7-12H2,1-2H3. The van der Waals surface area contributed by atoms with E-state index in [9.17, 15) is 5.11 Å². The van der Waals surface area contributed by atoms with E-state index in [1.165, 1.54) is 0 Å². The highest BCUT2D eigenvalue weighted by molar-refractivity contribution is 5.46. The summed E-state index contributed by atoms with van der Waals surface area (Å²) in [6.07, 6.45) is 2.35. The summed E-state index contributed by atoms with van der Waals surface area (Å²) in [6, 6.07) is 8.19. The van der Waals surface area contributed by atoms with Crippen LogP contribution in [0.5, 0.6) is 0 Å². The van der Waals surface area contributed by atoms with Crippen LogP contribution in [0.1, 0.15) is 30.9 Å². The van der Waals surface area contributed by atoms with E-state index in [0.717, 1.165) is 43.7 Å². The topological polar surface area (TPSA) is 41.9 Å². The largest absolute Gasteiger partial charge is 0.388 e. The van der Waals surface area contributed by atoms with Gasteiger partial charge in [-0.1, -0.05) is 12.1 Å². The molecule has 0 radical (unpaired) electrons. The third-order valence-electron chi connectivity index (χ3n) is 4.80. The van der Waals surface area contributed by atoms with Crippen LogP contribution in [0.4, 0.5) is 5.69 Å². The average Bonchev–Trinajstić information content (AvgIpc) is 2.94. The van der Waals surface area contributed by atoms with Gasteiger partial charge in [0.15, 0.2) is 0 Å². The van der Waals surface area contributed by atoms with E-state index in [1.807, 2.05) is 26.2 Å². The van der Waals surface area contributed by atoms with Gasteiger partial charge in [-0.05, 0) is 36.5 Å². The number of aliphatic hydroxyl groups is 1. The van der Waals surface area contributed by atoms with Crippen molar-refractivity contribution in [3.63, 3.8) is 0 Å². The monoisotopic (exact) mass is 291 g/mol. The molecule has 1 aromatic rings. The number of hydrogen-bond donors (Lipinski definition) is 1. The minimum atomic E-state index is -0.414. The van der Waals surface area contributed by atoms with Crippen molar-refractivity contribution in [3.8, 4) is 0 Å². The van der Waals surface area contributed by atoms with E-state index in [2.05, 4.69) is 17.0 Å². The molecule has 1 N–H and O–H groups in total. The molecule has 4 heteroatoms. The summed E-state index contributed by atoms with van der Waals surface area (Å²) in [4.78, 5) is 2.06. The van der Waals surface area contributed by atoms with Gasteiger partial charge in [-0.3, -0.25) is 0 Å². The first-order valence-electron chi connectivity index (χ1n) is 7.77. The molecule has 1 aromatic carbocycles. The maximum absolute atomic E-state index is 10.7. The molecule has 0 saturated carbocycles. The van der Waals surface area contributed by atoms with Crippen LogP contribution in [0.2, 0.25) is 0 Å². The fraction of sp³-hybridized carbons (Fsp3) is 0.647. The first-order chi connectivity index (χ1) is 10.1. The summed E-state index contributed by atoms with van der Waals surface area (Å²) in [5.74, 6) is 0.255. The molecule has 2 saturated heterocycles. The number of aliphatic hydroxyl groups excluding tert-OH is 1. The normalized spacial score (nSPS) is 30.5. The number of benzene rings is 1. The van der Waals surface area contributed by atoms with Crippen LogP contribution in [-0.2, 0) is 9.47 Å². The van der Waals surface area contributed by atoms with Crippen LogP contribution in [0.3, 0.4) is 0 Å². The lowest BCUT2D eigenvalue weighted by Gasteiger charge is -2.39. The summed E-state index contributed by atoms with van der Waals surface area (Å²) in [7, 11) is 4.04. The molecule has 0 bridgehead atoms. The van der Waals surface area contributed by atoms with Crippen molar-refractivity contribution in [1.29, 1.82) is 0 Å². The van der Waals surface area contributed by atoms with E-state index in [1.54, 1.807) is 0 Å². The zero-order valence-corrected chi connectivity index (χ0v) is 12.9. The lowest BCUT2D eigenvalue weighted by Crippen LogP contribution is -2.41. The summed E-state index contributed by atoms with van der Waals surface area (Å²) in [6.45, 7) is 2.18. The van der Waals surface area contributed by atoms with Gasteiger partial charge in [-0.15, -0.1) is 0 Å². The van der Waals surface area contributed by atoms with Crippen LogP contribution in [0.15, 0.2) is 24.3 Å². The lowest BCUT2D eigenvalue weighted by atomic mass is 9.80. The Morgan fingerprint density at radius 2 is 2.00 bits per heavy atom. The van der Waals surface area contributed by atoms with Crippen LogP contribution < -0.4 is 4.90 Å². The maximum atomic E-state index is 10.7. The quantitative estimate of drug-likeness (QED) is 0.928. The summed E-state index contributed by atoms with van der Waals surface area (Å²) < 4.78 is 11.5. The molecule has 0 aromatic heterocycles. The Bertz CT molecular complexity index is 465. The van der Waals surface area contributed by atoms with E-state index in [0.29, 0.717) is 6.61 Å². The third kappa shape index (κ3) is 3.07. The Balaban J connectivity index is 1.70. The second-order valence-corrected chi connectivity index (χ2v) is 6.52. The van der Waals surface area contributed by atoms with Gasteiger partial charge >= 0.3 is 0 Å². The summed E-state index contributed by atoms with van der Waals surface area (Å²) in [5, 5.41) is 10.7. The summed E-state index contributed by atoms with van der Waals surface area (Å²) >= 11 is 0. The first-order valence-corrected chi connectivity index (χ1v) is 7.77. The molecule has 2 heterocycles. The predicted molar refractivity (Wildman–Crippen MR) is 82.6 cm³/mol. The number of rotatable bonds is 3. The zero-order chi connectivity index (χ0) is 14.9. The van der Waals surface area contributed by atoms with Crippen molar-refractivity contribution >= 4 is 5.69 Å². The summed E-state index contributed by atoms with van der Waals surface area (Å²) in [5.41, 5.74) is 2.01.